The summed E-state index contributed by atoms with van der Waals surface area (Å²) in [4.78, 5) is 4.17. The molecule has 0 aliphatic carbocycles. The molecule has 0 aliphatic heterocycles. The van der Waals surface area contributed by atoms with Gasteiger partial charge in [-0.2, -0.15) is 11.8 Å². The number of rotatable bonds is 6. The van der Waals surface area contributed by atoms with Crippen molar-refractivity contribution >= 4 is 34.9 Å². The largest absolute Gasteiger partial charge is 0.399 e. The number of nitrogens with one attached hydrogen (secondary N) is 1. The number of anilines is 2. The van der Waals surface area contributed by atoms with Crippen LogP contribution in [-0.2, 0) is 0 Å². The first-order valence-electron chi connectivity index (χ1n) is 5.39. The van der Waals surface area contributed by atoms with E-state index in [0.717, 1.165) is 23.7 Å². The van der Waals surface area contributed by atoms with Gasteiger partial charge < -0.3 is 11.1 Å². The van der Waals surface area contributed by atoms with E-state index in [0.29, 0.717) is 16.9 Å². The second kappa shape index (κ2) is 6.86. The molecule has 90 valence electrons. The van der Waals surface area contributed by atoms with Crippen LogP contribution in [0.15, 0.2) is 12.1 Å². The maximum atomic E-state index is 5.83. The van der Waals surface area contributed by atoms with Crippen molar-refractivity contribution in [2.75, 3.05) is 22.6 Å². The van der Waals surface area contributed by atoms with Gasteiger partial charge in [-0.25, -0.2) is 4.98 Å². The van der Waals surface area contributed by atoms with Gasteiger partial charge in [0.1, 0.15) is 11.0 Å². The number of nitrogen functional groups attached to an aromatic ring is 1. The van der Waals surface area contributed by atoms with Crippen molar-refractivity contribution < 1.29 is 0 Å². The minimum Gasteiger partial charge on any atom is -0.399 e. The zero-order valence-electron chi connectivity index (χ0n) is 9.66. The molecule has 1 heterocycles. The Bertz CT molecular complexity index is 313. The minimum atomic E-state index is 0.379. The Kier molecular flexibility index (Phi) is 5.77. The molecule has 16 heavy (non-hydrogen) atoms. The van der Waals surface area contributed by atoms with Crippen LogP contribution in [0.2, 0.25) is 5.15 Å². The fourth-order valence-electron chi connectivity index (χ4n) is 1.32. The average Bonchev–Trinajstić information content (AvgIpc) is 2.16. The standard InChI is InChI=1S/C11H18ClN3S/c1-3-16-5-4-8(2)14-11-7-9(13)6-10(12)15-11/h6-8H,3-5H2,1-2H3,(H3,13,14,15). The minimum absolute atomic E-state index is 0.379. The Balaban J connectivity index is 2.45. The van der Waals surface area contributed by atoms with Gasteiger partial charge in [0.2, 0.25) is 0 Å². The molecule has 0 aliphatic rings. The van der Waals surface area contributed by atoms with Crippen LogP contribution in [0.1, 0.15) is 20.3 Å². The molecule has 1 aromatic heterocycles. The zero-order chi connectivity index (χ0) is 12.0. The molecule has 3 N–H and O–H groups in total. The van der Waals surface area contributed by atoms with E-state index in [2.05, 4.69) is 24.1 Å². The normalized spacial score (nSPS) is 12.4. The lowest BCUT2D eigenvalue weighted by molar-refractivity contribution is 0.767. The third-order valence-electron chi connectivity index (χ3n) is 2.11. The number of aromatic nitrogens is 1. The van der Waals surface area contributed by atoms with Crippen molar-refractivity contribution in [2.24, 2.45) is 0 Å². The second-order valence-corrected chi connectivity index (χ2v) is 5.42. The van der Waals surface area contributed by atoms with Crippen LogP contribution in [0.4, 0.5) is 11.5 Å². The highest BCUT2D eigenvalue weighted by molar-refractivity contribution is 7.99. The van der Waals surface area contributed by atoms with Crippen molar-refractivity contribution in [1.29, 1.82) is 0 Å². The number of halogens is 1. The van der Waals surface area contributed by atoms with Gasteiger partial charge in [0.25, 0.3) is 0 Å². The predicted octanol–water partition coefficient (Wildman–Crippen LogP) is 3.26. The number of pyridine rings is 1. The van der Waals surface area contributed by atoms with E-state index in [1.165, 1.54) is 0 Å². The second-order valence-electron chi connectivity index (χ2n) is 3.64. The molecule has 3 nitrogen and oxygen atoms in total. The van der Waals surface area contributed by atoms with Crippen molar-refractivity contribution in [3.05, 3.63) is 17.3 Å². The summed E-state index contributed by atoms with van der Waals surface area (Å²) in [6.45, 7) is 4.30. The van der Waals surface area contributed by atoms with Crippen LogP contribution in [0.3, 0.4) is 0 Å². The number of nitrogens with two attached hydrogens (primary N) is 1. The van der Waals surface area contributed by atoms with Crippen molar-refractivity contribution in [2.45, 2.75) is 26.3 Å². The quantitative estimate of drug-likeness (QED) is 0.608. The summed E-state index contributed by atoms with van der Waals surface area (Å²) in [7, 11) is 0. The van der Waals surface area contributed by atoms with Crippen LogP contribution in [0.25, 0.3) is 0 Å². The summed E-state index contributed by atoms with van der Waals surface area (Å²) < 4.78 is 0. The lowest BCUT2D eigenvalue weighted by Gasteiger charge is -2.14. The topological polar surface area (TPSA) is 50.9 Å². The van der Waals surface area contributed by atoms with Crippen LogP contribution in [0.5, 0.6) is 0 Å². The zero-order valence-corrected chi connectivity index (χ0v) is 11.2. The molecule has 1 atom stereocenters. The van der Waals surface area contributed by atoms with Crippen LogP contribution < -0.4 is 11.1 Å². The average molecular weight is 260 g/mol. The molecular weight excluding hydrogens is 242 g/mol. The van der Waals surface area contributed by atoms with Gasteiger partial charge in [-0.15, -0.1) is 0 Å². The van der Waals surface area contributed by atoms with E-state index in [4.69, 9.17) is 17.3 Å². The van der Waals surface area contributed by atoms with E-state index < -0.39 is 0 Å². The number of hydrogen-bond acceptors (Lipinski definition) is 4. The molecule has 0 radical (unpaired) electrons. The first-order chi connectivity index (χ1) is 7.61. The number of thioether (sulfide) groups is 1. The van der Waals surface area contributed by atoms with E-state index in [1.807, 2.05) is 11.8 Å². The number of nitrogens with zero attached hydrogens (tertiary/aromatic N) is 1. The highest BCUT2D eigenvalue weighted by Gasteiger charge is 2.04. The SMILES string of the molecule is CCSCCC(C)Nc1cc(N)cc(Cl)n1. The van der Waals surface area contributed by atoms with Gasteiger partial charge in [0, 0.05) is 17.8 Å². The molecule has 1 unspecified atom stereocenters. The molecule has 1 aromatic rings. The van der Waals surface area contributed by atoms with Crippen molar-refractivity contribution in [1.82, 2.24) is 4.98 Å². The van der Waals surface area contributed by atoms with Crippen LogP contribution in [0, 0.1) is 0 Å². The molecular formula is C11H18ClN3S. The maximum absolute atomic E-state index is 5.83. The summed E-state index contributed by atoms with van der Waals surface area (Å²) in [5.41, 5.74) is 6.32. The molecule has 0 bridgehead atoms. The molecule has 0 saturated carbocycles. The van der Waals surface area contributed by atoms with E-state index in [1.54, 1.807) is 12.1 Å². The van der Waals surface area contributed by atoms with Gasteiger partial charge in [0.05, 0.1) is 0 Å². The van der Waals surface area contributed by atoms with Gasteiger partial charge in [-0.05, 0) is 30.9 Å². The van der Waals surface area contributed by atoms with Crippen molar-refractivity contribution in [3.63, 3.8) is 0 Å². The first kappa shape index (κ1) is 13.5. The lowest BCUT2D eigenvalue weighted by Crippen LogP contribution is -2.17. The molecule has 0 aromatic carbocycles. The highest BCUT2D eigenvalue weighted by Crippen LogP contribution is 2.17. The lowest BCUT2D eigenvalue weighted by atomic mass is 10.2. The smallest absolute Gasteiger partial charge is 0.133 e. The molecule has 0 amide bonds. The summed E-state index contributed by atoms with van der Waals surface area (Å²) in [6, 6.07) is 3.82. The Hall–Kier alpha value is -0.610. The monoisotopic (exact) mass is 259 g/mol. The van der Waals surface area contributed by atoms with E-state index in [-0.39, 0.29) is 0 Å². The van der Waals surface area contributed by atoms with E-state index in [9.17, 15) is 0 Å². The molecule has 0 fully saturated rings. The Morgan fingerprint density at radius 3 is 2.94 bits per heavy atom. The summed E-state index contributed by atoms with van der Waals surface area (Å²) in [5.74, 6) is 3.06. The van der Waals surface area contributed by atoms with E-state index >= 15 is 0 Å². The third kappa shape index (κ3) is 4.94. The Morgan fingerprint density at radius 2 is 2.31 bits per heavy atom. The van der Waals surface area contributed by atoms with Crippen molar-refractivity contribution in [3.8, 4) is 0 Å². The predicted molar refractivity (Wildman–Crippen MR) is 74.4 cm³/mol. The fraction of sp³-hybridized carbons (Fsp3) is 0.545. The van der Waals surface area contributed by atoms with Gasteiger partial charge in [-0.3, -0.25) is 0 Å². The molecule has 5 heteroatoms. The maximum Gasteiger partial charge on any atom is 0.133 e. The third-order valence-corrected chi connectivity index (χ3v) is 3.24. The van der Waals surface area contributed by atoms with Gasteiger partial charge in [-0.1, -0.05) is 18.5 Å². The van der Waals surface area contributed by atoms with Gasteiger partial charge >= 0.3 is 0 Å². The summed E-state index contributed by atoms with van der Waals surface area (Å²) in [5, 5.41) is 3.72. The molecule has 1 rings (SSSR count). The van der Waals surface area contributed by atoms with Gasteiger partial charge in [0.15, 0.2) is 0 Å². The fourth-order valence-corrected chi connectivity index (χ4v) is 2.35. The summed E-state index contributed by atoms with van der Waals surface area (Å²) in [6.07, 6.45) is 1.10. The molecule has 0 spiro atoms. The Labute approximate surface area is 106 Å². The first-order valence-corrected chi connectivity index (χ1v) is 6.92. The van der Waals surface area contributed by atoms with Crippen LogP contribution in [-0.4, -0.2) is 22.5 Å². The number of hydrogen-bond donors (Lipinski definition) is 2. The Morgan fingerprint density at radius 1 is 1.56 bits per heavy atom. The highest BCUT2D eigenvalue weighted by atomic mass is 35.5. The summed E-state index contributed by atoms with van der Waals surface area (Å²) >= 11 is 7.77. The molecule has 0 saturated heterocycles. The van der Waals surface area contributed by atoms with Crippen LogP contribution >= 0.6 is 23.4 Å².